The molecule has 1 aliphatic heterocycles. The molecule has 1 heterocycles. The van der Waals surface area contributed by atoms with E-state index in [-0.39, 0.29) is 5.92 Å². The lowest BCUT2D eigenvalue weighted by molar-refractivity contribution is -0.119. The van der Waals surface area contributed by atoms with Crippen LogP contribution in [0.2, 0.25) is 0 Å². The van der Waals surface area contributed by atoms with Gasteiger partial charge in [-0.05, 0) is 62.4 Å². The van der Waals surface area contributed by atoms with Gasteiger partial charge in [0.05, 0.1) is 4.90 Å². The highest BCUT2D eigenvalue weighted by Gasteiger charge is 2.31. The van der Waals surface area contributed by atoms with Gasteiger partial charge in [-0.2, -0.15) is 4.31 Å². The maximum Gasteiger partial charge on any atom is 0.243 e. The molecular formula is C21H25NO4S. The van der Waals surface area contributed by atoms with Gasteiger partial charge in [-0.15, -0.1) is 0 Å². The maximum absolute atomic E-state index is 12.9. The van der Waals surface area contributed by atoms with Crippen molar-refractivity contribution in [2.75, 3.05) is 13.1 Å². The Bertz CT molecular complexity index is 893. The second kappa shape index (κ2) is 7.82. The van der Waals surface area contributed by atoms with Crippen LogP contribution < -0.4 is 4.74 Å². The predicted octanol–water partition coefficient (Wildman–Crippen LogP) is 3.61. The van der Waals surface area contributed by atoms with E-state index in [2.05, 4.69) is 0 Å². The molecule has 0 radical (unpaired) electrons. The standard InChI is InChI=1S/C21H25NO4S/c1-21(2,16-23)26-19-10-6-8-17(14-19)18-9-7-13-22(15-18)27(24,25)20-11-4-3-5-12-20/h3-6,8,10-12,14,16,18H,7,9,13,15H2,1-2H3. The average molecular weight is 388 g/mol. The Morgan fingerprint density at radius 1 is 1.11 bits per heavy atom. The van der Waals surface area contributed by atoms with Crippen molar-refractivity contribution in [2.45, 2.75) is 43.1 Å². The summed E-state index contributed by atoms with van der Waals surface area (Å²) < 4.78 is 33.2. The van der Waals surface area contributed by atoms with Crippen molar-refractivity contribution in [3.8, 4) is 5.75 Å². The first-order valence-corrected chi connectivity index (χ1v) is 10.6. The molecule has 5 nitrogen and oxygen atoms in total. The minimum Gasteiger partial charge on any atom is -0.480 e. The zero-order chi connectivity index (χ0) is 19.5. The van der Waals surface area contributed by atoms with Crippen LogP contribution >= 0.6 is 0 Å². The van der Waals surface area contributed by atoms with Crippen LogP contribution in [-0.4, -0.2) is 37.7 Å². The van der Waals surface area contributed by atoms with Crippen LogP contribution in [0.25, 0.3) is 0 Å². The van der Waals surface area contributed by atoms with Crippen molar-refractivity contribution < 1.29 is 17.9 Å². The number of sulfonamides is 1. The molecule has 0 aliphatic carbocycles. The lowest BCUT2D eigenvalue weighted by Crippen LogP contribution is -2.39. The number of piperidine rings is 1. The molecule has 1 fully saturated rings. The van der Waals surface area contributed by atoms with E-state index in [4.69, 9.17) is 4.74 Å². The number of hydrogen-bond donors (Lipinski definition) is 0. The van der Waals surface area contributed by atoms with E-state index in [0.29, 0.717) is 23.7 Å². The molecule has 0 bridgehead atoms. The van der Waals surface area contributed by atoms with E-state index >= 15 is 0 Å². The van der Waals surface area contributed by atoms with E-state index in [1.807, 2.05) is 30.3 Å². The summed E-state index contributed by atoms with van der Waals surface area (Å²) in [7, 11) is -3.49. The zero-order valence-corrected chi connectivity index (χ0v) is 16.5. The first-order chi connectivity index (χ1) is 12.8. The van der Waals surface area contributed by atoms with Gasteiger partial charge in [-0.25, -0.2) is 8.42 Å². The Kier molecular flexibility index (Phi) is 5.67. The van der Waals surface area contributed by atoms with Crippen molar-refractivity contribution in [3.05, 3.63) is 60.2 Å². The van der Waals surface area contributed by atoms with Crippen molar-refractivity contribution in [2.24, 2.45) is 0 Å². The molecule has 0 saturated carbocycles. The quantitative estimate of drug-likeness (QED) is 0.711. The summed E-state index contributed by atoms with van der Waals surface area (Å²) in [6.45, 7) is 4.39. The van der Waals surface area contributed by atoms with Crippen LogP contribution in [0.3, 0.4) is 0 Å². The van der Waals surface area contributed by atoms with Gasteiger partial charge in [0, 0.05) is 13.1 Å². The van der Waals surface area contributed by atoms with E-state index in [0.717, 1.165) is 24.7 Å². The number of carbonyl (C=O) groups excluding carboxylic acids is 1. The average Bonchev–Trinajstić information content (AvgIpc) is 2.69. The summed E-state index contributed by atoms with van der Waals surface area (Å²) in [4.78, 5) is 11.4. The van der Waals surface area contributed by atoms with Crippen molar-refractivity contribution >= 4 is 16.3 Å². The molecule has 2 aromatic rings. The van der Waals surface area contributed by atoms with Gasteiger partial charge in [-0.3, -0.25) is 4.79 Å². The van der Waals surface area contributed by atoms with Crippen LogP contribution in [0, 0.1) is 0 Å². The van der Waals surface area contributed by atoms with Crippen LogP contribution in [-0.2, 0) is 14.8 Å². The number of ether oxygens (including phenoxy) is 1. The zero-order valence-electron chi connectivity index (χ0n) is 15.7. The highest BCUT2D eigenvalue weighted by molar-refractivity contribution is 7.89. The lowest BCUT2D eigenvalue weighted by Gasteiger charge is -2.32. The predicted molar refractivity (Wildman–Crippen MR) is 104 cm³/mol. The molecule has 0 N–H and O–H groups in total. The summed E-state index contributed by atoms with van der Waals surface area (Å²) in [5, 5.41) is 0. The topological polar surface area (TPSA) is 63.7 Å². The fraction of sp³-hybridized carbons (Fsp3) is 0.381. The van der Waals surface area contributed by atoms with Crippen LogP contribution in [0.4, 0.5) is 0 Å². The highest BCUT2D eigenvalue weighted by atomic mass is 32.2. The Morgan fingerprint density at radius 3 is 2.56 bits per heavy atom. The molecule has 1 atom stereocenters. The molecule has 2 aromatic carbocycles. The number of nitrogens with zero attached hydrogens (tertiary/aromatic N) is 1. The van der Waals surface area contributed by atoms with Gasteiger partial charge in [-0.1, -0.05) is 30.3 Å². The molecule has 144 valence electrons. The van der Waals surface area contributed by atoms with Gasteiger partial charge in [0.1, 0.15) is 5.75 Å². The van der Waals surface area contributed by atoms with Gasteiger partial charge in [0.2, 0.25) is 10.0 Å². The first-order valence-electron chi connectivity index (χ1n) is 9.12. The van der Waals surface area contributed by atoms with Gasteiger partial charge >= 0.3 is 0 Å². The molecule has 3 rings (SSSR count). The van der Waals surface area contributed by atoms with Gasteiger partial charge in [0.25, 0.3) is 0 Å². The molecular weight excluding hydrogens is 362 g/mol. The Balaban J connectivity index is 1.80. The minimum atomic E-state index is -3.49. The summed E-state index contributed by atoms with van der Waals surface area (Å²) in [5.41, 5.74) is 0.135. The Morgan fingerprint density at radius 2 is 1.85 bits per heavy atom. The van der Waals surface area contributed by atoms with E-state index in [9.17, 15) is 13.2 Å². The van der Waals surface area contributed by atoms with Crippen LogP contribution in [0.15, 0.2) is 59.5 Å². The smallest absolute Gasteiger partial charge is 0.243 e. The molecule has 0 spiro atoms. The third kappa shape index (κ3) is 4.57. The van der Waals surface area contributed by atoms with Gasteiger partial charge in [0.15, 0.2) is 11.9 Å². The van der Waals surface area contributed by atoms with Gasteiger partial charge < -0.3 is 4.74 Å². The second-order valence-corrected chi connectivity index (χ2v) is 9.35. The monoisotopic (exact) mass is 387 g/mol. The number of benzene rings is 2. The van der Waals surface area contributed by atoms with E-state index < -0.39 is 15.6 Å². The van der Waals surface area contributed by atoms with Crippen LogP contribution in [0.1, 0.15) is 38.2 Å². The molecule has 27 heavy (non-hydrogen) atoms. The Hall–Kier alpha value is -2.18. The number of aldehydes is 1. The molecule has 6 heteroatoms. The summed E-state index contributed by atoms with van der Waals surface area (Å²) in [6.07, 6.45) is 2.50. The molecule has 1 aliphatic rings. The molecule has 0 aromatic heterocycles. The number of carbonyl (C=O) groups is 1. The van der Waals surface area contributed by atoms with Crippen molar-refractivity contribution in [3.63, 3.8) is 0 Å². The fourth-order valence-corrected chi connectivity index (χ4v) is 4.88. The van der Waals surface area contributed by atoms with Crippen molar-refractivity contribution in [1.82, 2.24) is 4.31 Å². The van der Waals surface area contributed by atoms with Crippen molar-refractivity contribution in [1.29, 1.82) is 0 Å². The third-order valence-electron chi connectivity index (χ3n) is 4.76. The largest absolute Gasteiger partial charge is 0.480 e. The van der Waals surface area contributed by atoms with Crippen LogP contribution in [0.5, 0.6) is 5.75 Å². The first kappa shape index (κ1) is 19.6. The summed E-state index contributed by atoms with van der Waals surface area (Å²) in [6, 6.07) is 16.2. The lowest BCUT2D eigenvalue weighted by atomic mass is 9.91. The highest BCUT2D eigenvalue weighted by Crippen LogP contribution is 2.32. The second-order valence-electron chi connectivity index (χ2n) is 7.41. The third-order valence-corrected chi connectivity index (χ3v) is 6.64. The summed E-state index contributed by atoms with van der Waals surface area (Å²) >= 11 is 0. The molecule has 1 saturated heterocycles. The Labute approximate surface area is 161 Å². The minimum absolute atomic E-state index is 0.0973. The molecule has 1 unspecified atom stereocenters. The number of rotatable bonds is 6. The fourth-order valence-electron chi connectivity index (χ4n) is 3.33. The summed E-state index contributed by atoms with van der Waals surface area (Å²) in [5.74, 6) is 0.716. The SMILES string of the molecule is CC(C)(C=O)Oc1cccc(C2CCCN(S(=O)(=O)c3ccccc3)C2)c1. The molecule has 0 amide bonds. The van der Waals surface area contributed by atoms with E-state index in [1.54, 1.807) is 42.4 Å². The normalized spacial score (nSPS) is 18.8. The van der Waals surface area contributed by atoms with E-state index in [1.165, 1.54) is 0 Å². The number of hydrogen-bond acceptors (Lipinski definition) is 4. The maximum atomic E-state index is 12.9.